The van der Waals surface area contributed by atoms with Crippen molar-refractivity contribution in [2.24, 2.45) is 0 Å². The summed E-state index contributed by atoms with van der Waals surface area (Å²) in [6.45, 7) is 2.01. The molecule has 1 heterocycles. The van der Waals surface area contributed by atoms with Crippen LogP contribution in [-0.4, -0.2) is 4.98 Å². The molecule has 0 saturated carbocycles. The molecule has 1 aromatic heterocycles. The van der Waals surface area contributed by atoms with E-state index in [1.807, 2.05) is 25.1 Å². The molecule has 0 amide bonds. The maximum atomic E-state index is 4.23. The fourth-order valence-electron chi connectivity index (χ4n) is 0.623. The van der Waals surface area contributed by atoms with Gasteiger partial charge in [-0.25, -0.2) is 0 Å². The average Bonchev–Trinajstić information content (AvgIpc) is 1.90. The van der Waals surface area contributed by atoms with Gasteiger partial charge in [0.2, 0.25) is 0 Å². The second-order valence-corrected chi connectivity index (χ2v) is 2.71. The molecule has 0 aliphatic heterocycles. The first-order valence-electron chi connectivity index (χ1n) is 2.89. The maximum absolute atomic E-state index is 4.23. The van der Waals surface area contributed by atoms with E-state index in [4.69, 9.17) is 0 Å². The molecule has 0 radical (unpaired) electrons. The fourth-order valence-corrected chi connectivity index (χ4v) is 0.776. The minimum Gasteiger partial charge on any atom is -0.260 e. The van der Waals surface area contributed by atoms with Crippen molar-refractivity contribution in [3.8, 4) is 0 Å². The molecule has 0 saturated heterocycles. The van der Waals surface area contributed by atoms with E-state index < -0.39 is 0 Å². The van der Waals surface area contributed by atoms with Crippen LogP contribution in [0.2, 0.25) is 0 Å². The molecule has 0 N–H and O–H groups in total. The zero-order chi connectivity index (χ0) is 6.69. The van der Waals surface area contributed by atoms with E-state index in [1.54, 1.807) is 6.20 Å². The number of nitrogens with zero attached hydrogens (tertiary/aromatic N) is 1. The Kier molecular flexibility index (Phi) is 4.49. The molecule has 0 fully saturated rings. The van der Waals surface area contributed by atoms with E-state index in [0.717, 1.165) is 5.69 Å². The summed E-state index contributed by atoms with van der Waals surface area (Å²) in [5, 5.41) is 0.242. The van der Waals surface area contributed by atoms with Crippen LogP contribution in [-0.2, 0) is 0 Å². The zero-order valence-electron chi connectivity index (χ0n) is 5.69. The van der Waals surface area contributed by atoms with Gasteiger partial charge >= 0.3 is 0 Å². The molecular weight excluding hydrogens is 166 g/mol. The summed E-state index contributed by atoms with van der Waals surface area (Å²) in [6, 6.07) is 5.84. The summed E-state index contributed by atoms with van der Waals surface area (Å²) < 4.78 is 0. The quantitative estimate of drug-likeness (QED) is 0.648. The van der Waals surface area contributed by atoms with Crippen molar-refractivity contribution in [3.63, 3.8) is 0 Å². The van der Waals surface area contributed by atoms with Crippen molar-refractivity contribution >= 4 is 25.0 Å². The number of pyridine rings is 1. The Morgan fingerprint density at radius 1 is 1.50 bits per heavy atom. The SMILES string of the molecule is CC(S)c1ccccn1.Cl. The lowest BCUT2D eigenvalue weighted by molar-refractivity contribution is 1.02. The monoisotopic (exact) mass is 175 g/mol. The van der Waals surface area contributed by atoms with Crippen LogP contribution in [0.4, 0.5) is 0 Å². The van der Waals surface area contributed by atoms with Gasteiger partial charge in [0, 0.05) is 11.4 Å². The van der Waals surface area contributed by atoms with Crippen molar-refractivity contribution in [2.75, 3.05) is 0 Å². The Balaban J connectivity index is 0.000000810. The molecule has 0 aliphatic carbocycles. The van der Waals surface area contributed by atoms with Crippen molar-refractivity contribution in [1.82, 2.24) is 4.98 Å². The number of hydrogen-bond donors (Lipinski definition) is 1. The Hall–Kier alpha value is -0.210. The van der Waals surface area contributed by atoms with Crippen molar-refractivity contribution in [1.29, 1.82) is 0 Å². The molecule has 0 aromatic carbocycles. The summed E-state index contributed by atoms with van der Waals surface area (Å²) in [7, 11) is 0. The molecule has 56 valence electrons. The number of rotatable bonds is 1. The van der Waals surface area contributed by atoms with Gasteiger partial charge in [0.1, 0.15) is 0 Å². The fraction of sp³-hybridized carbons (Fsp3) is 0.286. The van der Waals surface area contributed by atoms with E-state index >= 15 is 0 Å². The highest BCUT2D eigenvalue weighted by Crippen LogP contribution is 2.14. The van der Waals surface area contributed by atoms with Crippen LogP contribution in [0.3, 0.4) is 0 Å². The number of thiol groups is 1. The van der Waals surface area contributed by atoms with Gasteiger partial charge in [-0.3, -0.25) is 4.98 Å². The Morgan fingerprint density at radius 3 is 2.50 bits per heavy atom. The molecule has 1 unspecified atom stereocenters. The maximum Gasteiger partial charge on any atom is 0.0528 e. The average molecular weight is 176 g/mol. The number of hydrogen-bond acceptors (Lipinski definition) is 2. The standard InChI is InChI=1S/C7H9NS.ClH/c1-6(9)7-4-2-3-5-8-7;/h2-6,9H,1H3;1H. The van der Waals surface area contributed by atoms with Crippen LogP contribution >= 0.6 is 25.0 Å². The largest absolute Gasteiger partial charge is 0.260 e. The van der Waals surface area contributed by atoms with Gasteiger partial charge in [-0.15, -0.1) is 12.4 Å². The molecular formula is C7H10ClNS. The van der Waals surface area contributed by atoms with E-state index in [2.05, 4.69) is 17.6 Å². The predicted molar refractivity (Wildman–Crippen MR) is 48.9 cm³/mol. The highest BCUT2D eigenvalue weighted by atomic mass is 35.5. The van der Waals surface area contributed by atoms with Crippen LogP contribution in [0, 0.1) is 0 Å². The third-order valence-electron chi connectivity index (χ3n) is 1.12. The molecule has 1 aromatic rings. The molecule has 10 heavy (non-hydrogen) atoms. The Bertz CT molecular complexity index is 176. The van der Waals surface area contributed by atoms with Gasteiger partial charge in [-0.2, -0.15) is 12.6 Å². The van der Waals surface area contributed by atoms with E-state index in [-0.39, 0.29) is 17.7 Å². The molecule has 1 nitrogen and oxygen atoms in total. The second-order valence-electron chi connectivity index (χ2n) is 1.93. The van der Waals surface area contributed by atoms with Crippen LogP contribution in [0.1, 0.15) is 17.9 Å². The van der Waals surface area contributed by atoms with Gasteiger partial charge in [0.25, 0.3) is 0 Å². The number of halogens is 1. The smallest absolute Gasteiger partial charge is 0.0528 e. The lowest BCUT2D eigenvalue weighted by atomic mass is 10.3. The Labute approximate surface area is 72.7 Å². The topological polar surface area (TPSA) is 12.9 Å². The zero-order valence-corrected chi connectivity index (χ0v) is 7.40. The van der Waals surface area contributed by atoms with E-state index in [9.17, 15) is 0 Å². The summed E-state index contributed by atoms with van der Waals surface area (Å²) in [6.07, 6.45) is 1.78. The minimum atomic E-state index is 0. The highest BCUT2D eigenvalue weighted by Gasteiger charge is 1.96. The van der Waals surface area contributed by atoms with Crippen LogP contribution in [0.5, 0.6) is 0 Å². The summed E-state index contributed by atoms with van der Waals surface area (Å²) in [5.74, 6) is 0. The van der Waals surface area contributed by atoms with Crippen molar-refractivity contribution in [2.45, 2.75) is 12.2 Å². The molecule has 0 aliphatic rings. The van der Waals surface area contributed by atoms with Crippen LogP contribution in [0.15, 0.2) is 24.4 Å². The molecule has 1 atom stereocenters. The third-order valence-corrected chi connectivity index (χ3v) is 1.38. The predicted octanol–water partition coefficient (Wildman–Crippen LogP) is 2.49. The van der Waals surface area contributed by atoms with Gasteiger partial charge in [-0.05, 0) is 19.1 Å². The molecule has 0 bridgehead atoms. The van der Waals surface area contributed by atoms with Crippen molar-refractivity contribution < 1.29 is 0 Å². The first-order valence-corrected chi connectivity index (χ1v) is 3.41. The van der Waals surface area contributed by atoms with Gasteiger partial charge in [0.15, 0.2) is 0 Å². The summed E-state index contributed by atoms with van der Waals surface area (Å²) in [5.41, 5.74) is 1.03. The normalized spacial score (nSPS) is 11.8. The summed E-state index contributed by atoms with van der Waals surface area (Å²) >= 11 is 4.23. The van der Waals surface area contributed by atoms with Gasteiger partial charge in [0.05, 0.1) is 5.69 Å². The van der Waals surface area contributed by atoms with Gasteiger partial charge < -0.3 is 0 Å². The van der Waals surface area contributed by atoms with Crippen LogP contribution in [0.25, 0.3) is 0 Å². The van der Waals surface area contributed by atoms with Crippen molar-refractivity contribution in [3.05, 3.63) is 30.1 Å². The first kappa shape index (κ1) is 9.79. The number of aromatic nitrogens is 1. The highest BCUT2D eigenvalue weighted by molar-refractivity contribution is 7.80. The molecule has 3 heteroatoms. The minimum absolute atomic E-state index is 0. The lowest BCUT2D eigenvalue weighted by Gasteiger charge is -1.99. The summed E-state index contributed by atoms with van der Waals surface area (Å²) in [4.78, 5) is 4.10. The molecule has 1 rings (SSSR count). The van der Waals surface area contributed by atoms with Crippen LogP contribution < -0.4 is 0 Å². The first-order chi connectivity index (χ1) is 4.30. The lowest BCUT2D eigenvalue weighted by Crippen LogP contribution is -1.86. The second kappa shape index (κ2) is 4.58. The van der Waals surface area contributed by atoms with Gasteiger partial charge in [-0.1, -0.05) is 6.07 Å². The van der Waals surface area contributed by atoms with E-state index in [0.29, 0.717) is 0 Å². The molecule has 0 spiro atoms. The third kappa shape index (κ3) is 2.58. The Morgan fingerprint density at radius 2 is 2.20 bits per heavy atom. The van der Waals surface area contributed by atoms with E-state index in [1.165, 1.54) is 0 Å².